The van der Waals surface area contributed by atoms with Crippen LogP contribution in [0.5, 0.6) is 0 Å². The Hall–Kier alpha value is -1.36. The number of rotatable bonds is 6. The molecule has 1 aliphatic heterocycles. The molecule has 1 amide bonds. The molecular formula is C16H28N2O3. The molecule has 1 fully saturated rings. The zero-order valence-corrected chi connectivity index (χ0v) is 13.9. The lowest BCUT2D eigenvalue weighted by Crippen LogP contribution is -2.38. The Morgan fingerprint density at radius 2 is 1.90 bits per heavy atom. The third-order valence-electron chi connectivity index (χ3n) is 3.33. The van der Waals surface area contributed by atoms with Crippen molar-refractivity contribution in [3.8, 4) is 0 Å². The predicted molar refractivity (Wildman–Crippen MR) is 82.9 cm³/mol. The van der Waals surface area contributed by atoms with Gasteiger partial charge in [0.05, 0.1) is 0 Å². The first-order valence-electron chi connectivity index (χ1n) is 7.61. The molecule has 21 heavy (non-hydrogen) atoms. The average molecular weight is 296 g/mol. The van der Waals surface area contributed by atoms with Crippen LogP contribution in [0.25, 0.3) is 0 Å². The quantitative estimate of drug-likeness (QED) is 0.554. The zero-order chi connectivity index (χ0) is 16.0. The van der Waals surface area contributed by atoms with Crippen LogP contribution in [0.3, 0.4) is 0 Å². The Morgan fingerprint density at radius 3 is 2.33 bits per heavy atom. The fourth-order valence-corrected chi connectivity index (χ4v) is 2.07. The smallest absolute Gasteiger partial charge is 0.326 e. The highest BCUT2D eigenvalue weighted by Gasteiger charge is 2.21. The van der Waals surface area contributed by atoms with Crippen LogP contribution >= 0.6 is 0 Å². The summed E-state index contributed by atoms with van der Waals surface area (Å²) in [6, 6.07) is 0. The van der Waals surface area contributed by atoms with Crippen LogP contribution in [-0.4, -0.2) is 60.5 Å². The maximum Gasteiger partial charge on any atom is 0.326 e. The zero-order valence-electron chi connectivity index (χ0n) is 13.9. The van der Waals surface area contributed by atoms with Crippen molar-refractivity contribution in [1.82, 2.24) is 9.80 Å². The second kappa shape index (κ2) is 7.59. The van der Waals surface area contributed by atoms with Gasteiger partial charge in [-0.15, -0.1) is 0 Å². The molecule has 0 spiro atoms. The first kappa shape index (κ1) is 17.7. The highest BCUT2D eigenvalue weighted by Crippen LogP contribution is 2.11. The number of ether oxygens (including phenoxy) is 1. The molecule has 120 valence electrons. The number of nitrogens with zero attached hydrogens (tertiary/aromatic N) is 2. The van der Waals surface area contributed by atoms with Crippen LogP contribution < -0.4 is 0 Å². The Kier molecular flexibility index (Phi) is 6.40. The molecule has 0 bridgehead atoms. The first-order valence-corrected chi connectivity index (χ1v) is 7.61. The third kappa shape index (κ3) is 6.29. The molecular weight excluding hydrogens is 268 g/mol. The van der Waals surface area contributed by atoms with Crippen LogP contribution in [0.2, 0.25) is 0 Å². The summed E-state index contributed by atoms with van der Waals surface area (Å²) in [7, 11) is 1.64. The van der Waals surface area contributed by atoms with E-state index in [1.165, 1.54) is 11.3 Å². The summed E-state index contributed by atoms with van der Waals surface area (Å²) in [5.74, 6) is -0.472. The average Bonchev–Trinajstić information content (AvgIpc) is 2.29. The fourth-order valence-electron chi connectivity index (χ4n) is 2.07. The number of likely N-dealkylation sites (tertiary alicyclic amines) is 1. The number of hydrogen-bond acceptors (Lipinski definition) is 4. The van der Waals surface area contributed by atoms with E-state index in [0.717, 1.165) is 25.2 Å². The summed E-state index contributed by atoms with van der Waals surface area (Å²) in [6.07, 6.45) is 3.89. The van der Waals surface area contributed by atoms with Crippen molar-refractivity contribution < 1.29 is 14.3 Å². The Bertz CT molecular complexity index is 406. The van der Waals surface area contributed by atoms with Crippen molar-refractivity contribution in [2.75, 3.05) is 33.2 Å². The molecule has 5 nitrogen and oxygen atoms in total. The van der Waals surface area contributed by atoms with Gasteiger partial charge in [0.15, 0.2) is 0 Å². The molecule has 0 unspecified atom stereocenters. The van der Waals surface area contributed by atoms with Gasteiger partial charge in [-0.2, -0.15) is 0 Å². The minimum absolute atomic E-state index is 0.0167. The summed E-state index contributed by atoms with van der Waals surface area (Å²) < 4.78 is 5.24. The summed E-state index contributed by atoms with van der Waals surface area (Å²) in [5.41, 5.74) is 0.231. The number of hydrogen-bond donors (Lipinski definition) is 0. The lowest BCUT2D eigenvalue weighted by atomic mass is 10.1. The molecule has 1 saturated heterocycles. The van der Waals surface area contributed by atoms with E-state index in [9.17, 15) is 9.59 Å². The second-order valence-electron chi connectivity index (χ2n) is 6.48. The van der Waals surface area contributed by atoms with Gasteiger partial charge in [0, 0.05) is 19.2 Å². The lowest BCUT2D eigenvalue weighted by Gasteiger charge is -2.29. The van der Waals surface area contributed by atoms with Crippen LogP contribution in [-0.2, 0) is 14.3 Å². The molecule has 0 N–H and O–H groups in total. The highest BCUT2D eigenvalue weighted by molar-refractivity contribution is 5.95. The number of likely N-dealkylation sites (N-methyl/N-ethyl adjacent to an activating group) is 1. The molecule has 0 aromatic heterocycles. The maximum atomic E-state index is 12.3. The lowest BCUT2D eigenvalue weighted by molar-refractivity contribution is -0.157. The standard InChI is InChI=1S/C16H28N2O3/c1-6-13(8-11-18-9-7-10-18)15(20)17(5)12-14(19)21-16(2,3)4/h8H,6-7,9-12H2,1-5H3/b13-8+. The summed E-state index contributed by atoms with van der Waals surface area (Å²) in [4.78, 5) is 27.8. The molecule has 0 aliphatic carbocycles. The van der Waals surface area contributed by atoms with Crippen molar-refractivity contribution in [3.05, 3.63) is 11.6 Å². The largest absolute Gasteiger partial charge is 0.459 e. The summed E-state index contributed by atoms with van der Waals surface area (Å²) in [5, 5.41) is 0. The maximum absolute atomic E-state index is 12.3. The normalized spacial score (nSPS) is 16.3. The van der Waals surface area contributed by atoms with E-state index in [-0.39, 0.29) is 18.4 Å². The van der Waals surface area contributed by atoms with Gasteiger partial charge in [-0.3, -0.25) is 14.5 Å². The van der Waals surface area contributed by atoms with Crippen LogP contribution in [0.1, 0.15) is 40.5 Å². The number of carbonyl (C=O) groups excluding carboxylic acids is 2. The fraction of sp³-hybridized carbons (Fsp3) is 0.750. The molecule has 0 aromatic rings. The van der Waals surface area contributed by atoms with E-state index >= 15 is 0 Å². The first-order chi connectivity index (χ1) is 9.73. The van der Waals surface area contributed by atoms with E-state index in [1.54, 1.807) is 7.05 Å². The van der Waals surface area contributed by atoms with Gasteiger partial charge in [-0.1, -0.05) is 13.0 Å². The van der Waals surface area contributed by atoms with Crippen LogP contribution in [0, 0.1) is 0 Å². The van der Waals surface area contributed by atoms with Crippen molar-refractivity contribution in [1.29, 1.82) is 0 Å². The Balaban J connectivity index is 2.51. The Morgan fingerprint density at radius 1 is 1.29 bits per heavy atom. The van der Waals surface area contributed by atoms with Crippen molar-refractivity contribution >= 4 is 11.9 Å². The summed E-state index contributed by atoms with van der Waals surface area (Å²) in [6.45, 7) is 10.4. The third-order valence-corrected chi connectivity index (χ3v) is 3.33. The van der Waals surface area contributed by atoms with Crippen molar-refractivity contribution in [3.63, 3.8) is 0 Å². The van der Waals surface area contributed by atoms with Crippen LogP contribution in [0.4, 0.5) is 0 Å². The van der Waals surface area contributed by atoms with Gasteiger partial charge in [-0.25, -0.2) is 0 Å². The molecule has 5 heteroatoms. The van der Waals surface area contributed by atoms with Gasteiger partial charge in [0.1, 0.15) is 12.1 Å². The molecule has 0 saturated carbocycles. The molecule has 1 aliphatic rings. The van der Waals surface area contributed by atoms with E-state index in [1.807, 2.05) is 33.8 Å². The SMILES string of the molecule is CC/C(=C\CN1CCC1)C(=O)N(C)CC(=O)OC(C)(C)C. The van der Waals surface area contributed by atoms with Gasteiger partial charge in [0.2, 0.25) is 5.91 Å². The van der Waals surface area contributed by atoms with Crippen molar-refractivity contribution in [2.45, 2.75) is 46.1 Å². The minimum Gasteiger partial charge on any atom is -0.459 e. The predicted octanol–water partition coefficient (Wildman–Crippen LogP) is 1.83. The number of esters is 1. The van der Waals surface area contributed by atoms with E-state index in [2.05, 4.69) is 4.90 Å². The molecule has 0 aromatic carbocycles. The molecule has 1 heterocycles. The van der Waals surface area contributed by atoms with Gasteiger partial charge in [-0.05, 0) is 46.7 Å². The number of amides is 1. The van der Waals surface area contributed by atoms with Gasteiger partial charge >= 0.3 is 5.97 Å². The monoisotopic (exact) mass is 296 g/mol. The highest BCUT2D eigenvalue weighted by atomic mass is 16.6. The second-order valence-corrected chi connectivity index (χ2v) is 6.48. The molecule has 0 atom stereocenters. The van der Waals surface area contributed by atoms with E-state index < -0.39 is 5.60 Å². The minimum atomic E-state index is -0.526. The molecule has 1 rings (SSSR count). The van der Waals surface area contributed by atoms with E-state index in [0.29, 0.717) is 6.42 Å². The van der Waals surface area contributed by atoms with Gasteiger partial charge < -0.3 is 9.64 Å². The number of carbonyl (C=O) groups is 2. The van der Waals surface area contributed by atoms with Crippen molar-refractivity contribution in [2.24, 2.45) is 0 Å². The Labute approximate surface area is 127 Å². The van der Waals surface area contributed by atoms with Crippen LogP contribution in [0.15, 0.2) is 11.6 Å². The molecule has 0 radical (unpaired) electrons. The topological polar surface area (TPSA) is 49.9 Å². The van der Waals surface area contributed by atoms with E-state index in [4.69, 9.17) is 4.74 Å². The van der Waals surface area contributed by atoms with Gasteiger partial charge in [0.25, 0.3) is 0 Å². The summed E-state index contributed by atoms with van der Waals surface area (Å²) >= 11 is 0.